The van der Waals surface area contributed by atoms with E-state index in [0.29, 0.717) is 5.44 Å². The second kappa shape index (κ2) is 9.58. The summed E-state index contributed by atoms with van der Waals surface area (Å²) in [4.78, 5) is 12.3. The zero-order chi connectivity index (χ0) is 20.0. The molecule has 3 rings (SSSR count). The highest BCUT2D eigenvalue weighted by atomic mass is 35.5. The van der Waals surface area contributed by atoms with Crippen LogP contribution in [0.1, 0.15) is 0 Å². The van der Waals surface area contributed by atoms with Crippen LogP contribution in [0.4, 0.5) is 0 Å². The highest BCUT2D eigenvalue weighted by Gasteiger charge is 2.52. The van der Waals surface area contributed by atoms with Gasteiger partial charge in [-0.1, -0.05) is 77.8 Å². The summed E-state index contributed by atoms with van der Waals surface area (Å²) in [5.74, 6) is -0.550. The first-order chi connectivity index (χ1) is 13.6. The molecular formula is C22H18Cl3NOP+. The molecule has 2 nitrogen and oxygen atoms in total. The van der Waals surface area contributed by atoms with Gasteiger partial charge in [-0.15, -0.1) is 11.6 Å². The van der Waals surface area contributed by atoms with E-state index in [1.807, 2.05) is 91.0 Å². The van der Waals surface area contributed by atoms with Crippen molar-refractivity contribution in [1.82, 2.24) is 5.32 Å². The number of benzene rings is 3. The van der Waals surface area contributed by atoms with Crippen molar-refractivity contribution in [1.29, 1.82) is 0 Å². The van der Waals surface area contributed by atoms with Gasteiger partial charge >= 0.3 is 0 Å². The molecule has 3 aromatic rings. The first-order valence-corrected chi connectivity index (χ1v) is 11.7. The van der Waals surface area contributed by atoms with Gasteiger partial charge in [-0.25, -0.2) is 0 Å². The molecule has 142 valence electrons. The summed E-state index contributed by atoms with van der Waals surface area (Å²) in [5.41, 5.74) is 0.477. The molecule has 0 bridgehead atoms. The van der Waals surface area contributed by atoms with Crippen molar-refractivity contribution in [3.8, 4) is 0 Å². The Labute approximate surface area is 180 Å². The van der Waals surface area contributed by atoms with Crippen molar-refractivity contribution < 1.29 is 4.79 Å². The molecule has 0 aromatic heterocycles. The highest BCUT2D eigenvalue weighted by molar-refractivity contribution is 7.99. The van der Waals surface area contributed by atoms with E-state index in [9.17, 15) is 4.79 Å². The van der Waals surface area contributed by atoms with Gasteiger partial charge in [0, 0.05) is 0 Å². The topological polar surface area (TPSA) is 29.1 Å². The van der Waals surface area contributed by atoms with Crippen LogP contribution in [0.25, 0.3) is 0 Å². The Morgan fingerprint density at radius 2 is 1.07 bits per heavy atom. The third-order valence-electron chi connectivity index (χ3n) is 4.32. The summed E-state index contributed by atoms with van der Waals surface area (Å²) in [5, 5.41) is 5.97. The van der Waals surface area contributed by atoms with Crippen molar-refractivity contribution in [3.63, 3.8) is 0 Å². The second-order valence-corrected chi connectivity index (χ2v) is 10.5. The van der Waals surface area contributed by atoms with Crippen LogP contribution in [0, 0.1) is 0 Å². The molecule has 0 spiro atoms. The van der Waals surface area contributed by atoms with Crippen LogP contribution in [0.15, 0.2) is 101 Å². The van der Waals surface area contributed by atoms with Gasteiger partial charge in [0.05, 0.1) is 0 Å². The van der Waals surface area contributed by atoms with Gasteiger partial charge in [-0.2, -0.15) is 0 Å². The lowest BCUT2D eigenvalue weighted by Gasteiger charge is -2.29. The van der Waals surface area contributed by atoms with E-state index >= 15 is 0 Å². The van der Waals surface area contributed by atoms with Gasteiger partial charge < -0.3 is 0 Å². The number of halogens is 3. The normalized spacial score (nSPS) is 11.0. The van der Waals surface area contributed by atoms with Crippen LogP contribution in [0.5, 0.6) is 0 Å². The Bertz CT molecular complexity index is 862. The molecule has 0 aliphatic heterocycles. The first kappa shape index (κ1) is 20.9. The average molecular weight is 450 g/mol. The lowest BCUT2D eigenvalue weighted by atomic mass is 10.4. The summed E-state index contributed by atoms with van der Waals surface area (Å²) < 4.78 is 0.0170. The van der Waals surface area contributed by atoms with Crippen molar-refractivity contribution in [2.45, 2.75) is 0 Å². The second-order valence-electron chi connectivity index (χ2n) is 5.97. The summed E-state index contributed by atoms with van der Waals surface area (Å²) in [6, 6.07) is 29.9. The number of carbonyl (C=O) groups excluding carboxylic acids is 1. The maximum absolute atomic E-state index is 12.3. The number of amides is 1. The fourth-order valence-electron chi connectivity index (χ4n) is 3.21. The van der Waals surface area contributed by atoms with Crippen molar-refractivity contribution in [2.75, 3.05) is 5.88 Å². The van der Waals surface area contributed by atoms with Crippen LogP contribution in [-0.2, 0) is 4.79 Å². The monoisotopic (exact) mass is 448 g/mol. The molecular weight excluding hydrogens is 432 g/mol. The number of hydrogen-bond donors (Lipinski definition) is 1. The Morgan fingerprint density at radius 1 is 0.714 bits per heavy atom. The maximum Gasteiger partial charge on any atom is 0.241 e. The van der Waals surface area contributed by atoms with Crippen LogP contribution in [-0.4, -0.2) is 11.8 Å². The SMILES string of the molecule is O=C(CCl)NC(=C(Cl)Cl)[P+](c1ccccc1)(c1ccccc1)c1ccccc1. The zero-order valence-electron chi connectivity index (χ0n) is 14.9. The van der Waals surface area contributed by atoms with E-state index in [0.717, 1.165) is 15.9 Å². The van der Waals surface area contributed by atoms with Crippen LogP contribution in [0.3, 0.4) is 0 Å². The van der Waals surface area contributed by atoms with E-state index in [2.05, 4.69) is 5.32 Å². The summed E-state index contributed by atoms with van der Waals surface area (Å²) in [6.07, 6.45) is 0. The van der Waals surface area contributed by atoms with E-state index < -0.39 is 7.26 Å². The third-order valence-corrected chi connectivity index (χ3v) is 9.43. The molecule has 0 unspecified atom stereocenters. The number of rotatable bonds is 6. The lowest BCUT2D eigenvalue weighted by Crippen LogP contribution is -2.39. The minimum absolute atomic E-state index is 0.0170. The molecule has 0 saturated heterocycles. The van der Waals surface area contributed by atoms with E-state index in [1.165, 1.54) is 0 Å². The molecule has 6 heteroatoms. The molecule has 28 heavy (non-hydrogen) atoms. The summed E-state index contributed by atoms with van der Waals surface area (Å²) in [7, 11) is -2.56. The quantitative estimate of drug-likeness (QED) is 0.419. The Kier molecular flexibility index (Phi) is 7.15. The predicted molar refractivity (Wildman–Crippen MR) is 123 cm³/mol. The van der Waals surface area contributed by atoms with Crippen LogP contribution >= 0.6 is 42.1 Å². The van der Waals surface area contributed by atoms with Crippen molar-refractivity contribution in [3.05, 3.63) is 101 Å². The Hall–Kier alpha value is -1.83. The molecule has 0 atom stereocenters. The summed E-state index contributed by atoms with van der Waals surface area (Å²) >= 11 is 18.6. The van der Waals surface area contributed by atoms with Gasteiger partial charge in [0.2, 0.25) is 11.3 Å². The van der Waals surface area contributed by atoms with Gasteiger partial charge in [0.25, 0.3) is 0 Å². The van der Waals surface area contributed by atoms with Gasteiger partial charge in [-0.05, 0) is 36.4 Å². The molecule has 1 amide bonds. The van der Waals surface area contributed by atoms with Gasteiger partial charge in [0.1, 0.15) is 21.8 Å². The molecule has 0 fully saturated rings. The number of hydrogen-bond acceptors (Lipinski definition) is 1. The first-order valence-electron chi connectivity index (χ1n) is 8.58. The standard InChI is InChI=1S/C22H17Cl3NOP/c23-16-20(27)26-22(21(24)25)28(17-10-4-1-5-11-17,18-12-6-2-7-13-18)19-14-8-3-9-15-19/h1-15H,16H2/p+1. The van der Waals surface area contributed by atoms with Crippen LogP contribution in [0.2, 0.25) is 0 Å². The maximum atomic E-state index is 12.3. The van der Waals surface area contributed by atoms with Gasteiger partial charge in [-0.3, -0.25) is 10.1 Å². The van der Waals surface area contributed by atoms with E-state index in [4.69, 9.17) is 34.8 Å². The number of nitrogens with one attached hydrogen (secondary N) is 1. The number of alkyl halides is 1. The fraction of sp³-hybridized carbons (Fsp3) is 0.0455. The highest BCUT2D eigenvalue weighted by Crippen LogP contribution is 2.62. The molecule has 1 N–H and O–H groups in total. The Balaban J connectivity index is 2.44. The van der Waals surface area contributed by atoms with Crippen LogP contribution < -0.4 is 21.2 Å². The molecule has 0 aliphatic rings. The smallest absolute Gasteiger partial charge is 0.241 e. The van der Waals surface area contributed by atoms with Gasteiger partial charge in [0.15, 0.2) is 11.8 Å². The average Bonchev–Trinajstić information content (AvgIpc) is 2.75. The fourth-order valence-corrected chi connectivity index (χ4v) is 8.21. The van der Waals surface area contributed by atoms with Crippen molar-refractivity contribution in [2.24, 2.45) is 0 Å². The van der Waals surface area contributed by atoms with E-state index in [-0.39, 0.29) is 16.3 Å². The summed E-state index contributed by atoms with van der Waals surface area (Å²) in [6.45, 7) is 0. The lowest BCUT2D eigenvalue weighted by molar-refractivity contribution is -0.117. The molecule has 0 heterocycles. The van der Waals surface area contributed by atoms with E-state index in [1.54, 1.807) is 0 Å². The minimum atomic E-state index is -2.56. The molecule has 0 saturated carbocycles. The number of carbonyl (C=O) groups is 1. The largest absolute Gasteiger partial charge is 0.293 e. The minimum Gasteiger partial charge on any atom is -0.293 e. The zero-order valence-corrected chi connectivity index (χ0v) is 18.0. The molecule has 0 aliphatic carbocycles. The van der Waals surface area contributed by atoms with Crippen molar-refractivity contribution >= 4 is 63.9 Å². The third kappa shape index (κ3) is 4.11. The molecule has 3 aromatic carbocycles. The predicted octanol–water partition coefficient (Wildman–Crippen LogP) is 4.94. The Morgan fingerprint density at radius 3 is 1.36 bits per heavy atom. The molecule has 0 radical (unpaired) electrons.